The highest BCUT2D eigenvalue weighted by atomic mass is 16.2. The molecule has 0 radical (unpaired) electrons. The number of anilines is 3. The third-order valence-corrected chi connectivity index (χ3v) is 3.79. The summed E-state index contributed by atoms with van der Waals surface area (Å²) in [5.41, 5.74) is 5.55. The summed E-state index contributed by atoms with van der Waals surface area (Å²) < 4.78 is 0. The number of hydrogen-bond donors (Lipinski definition) is 3. The summed E-state index contributed by atoms with van der Waals surface area (Å²) >= 11 is 0. The van der Waals surface area contributed by atoms with Crippen LogP contribution in [-0.2, 0) is 9.59 Å². The Hall–Kier alpha value is -2.82. The molecule has 25 heavy (non-hydrogen) atoms. The lowest BCUT2D eigenvalue weighted by molar-refractivity contribution is -0.116. The summed E-state index contributed by atoms with van der Waals surface area (Å²) in [5.74, 6) is -0.196. The number of carbonyl (C=O) groups excluding carboxylic acids is 2. The van der Waals surface area contributed by atoms with Crippen LogP contribution in [0, 0.1) is 20.8 Å². The van der Waals surface area contributed by atoms with Crippen molar-refractivity contribution in [2.75, 3.05) is 22.5 Å². The third kappa shape index (κ3) is 5.64. The Morgan fingerprint density at radius 3 is 2.16 bits per heavy atom. The van der Waals surface area contributed by atoms with Crippen LogP contribution >= 0.6 is 0 Å². The minimum Gasteiger partial charge on any atom is -0.376 e. The lowest BCUT2D eigenvalue weighted by Gasteiger charge is -2.12. The lowest BCUT2D eigenvalue weighted by Crippen LogP contribution is -2.22. The largest absolute Gasteiger partial charge is 0.376 e. The van der Waals surface area contributed by atoms with Gasteiger partial charge in [-0.05, 0) is 61.7 Å². The van der Waals surface area contributed by atoms with Crippen molar-refractivity contribution in [2.24, 2.45) is 0 Å². The zero-order valence-corrected chi connectivity index (χ0v) is 15.2. The minimum atomic E-state index is -0.143. The zero-order valence-electron chi connectivity index (χ0n) is 15.2. The highest BCUT2D eigenvalue weighted by Crippen LogP contribution is 2.20. The van der Waals surface area contributed by atoms with Gasteiger partial charge in [-0.2, -0.15) is 0 Å². The second-order valence-corrected chi connectivity index (χ2v) is 6.21. The molecule has 0 heterocycles. The number of aryl methyl sites for hydroxylation is 3. The van der Waals surface area contributed by atoms with Gasteiger partial charge >= 0.3 is 0 Å². The summed E-state index contributed by atoms with van der Waals surface area (Å²) in [6.45, 7) is 7.94. The molecule has 2 aromatic carbocycles. The normalized spacial score (nSPS) is 10.2. The van der Waals surface area contributed by atoms with Crippen LogP contribution < -0.4 is 16.0 Å². The summed E-state index contributed by atoms with van der Waals surface area (Å²) in [6, 6.07) is 11.6. The van der Waals surface area contributed by atoms with E-state index in [1.165, 1.54) is 0 Å². The Morgan fingerprint density at radius 1 is 0.840 bits per heavy atom. The fourth-order valence-corrected chi connectivity index (χ4v) is 2.54. The second kappa shape index (κ2) is 8.33. The fourth-order valence-electron chi connectivity index (χ4n) is 2.54. The first kappa shape index (κ1) is 18.5. The average Bonchev–Trinajstić information content (AvgIpc) is 2.55. The van der Waals surface area contributed by atoms with E-state index in [0.717, 1.165) is 22.4 Å². The molecule has 0 aromatic heterocycles. The SMILES string of the molecule is CCC(=O)Nc1cc(NC(=O)CNc2cc(C)cc(C)c2)ccc1C. The van der Waals surface area contributed by atoms with Crippen LogP contribution in [0.15, 0.2) is 36.4 Å². The molecule has 0 aliphatic carbocycles. The van der Waals surface area contributed by atoms with E-state index >= 15 is 0 Å². The van der Waals surface area contributed by atoms with Gasteiger partial charge in [0.2, 0.25) is 11.8 Å². The smallest absolute Gasteiger partial charge is 0.243 e. The first-order chi connectivity index (χ1) is 11.9. The summed E-state index contributed by atoms with van der Waals surface area (Å²) in [4.78, 5) is 23.7. The molecule has 0 saturated carbocycles. The molecule has 5 nitrogen and oxygen atoms in total. The van der Waals surface area contributed by atoms with Gasteiger partial charge in [-0.25, -0.2) is 0 Å². The number of nitrogens with one attached hydrogen (secondary N) is 3. The van der Waals surface area contributed by atoms with E-state index in [-0.39, 0.29) is 18.4 Å². The van der Waals surface area contributed by atoms with E-state index in [9.17, 15) is 9.59 Å². The number of benzene rings is 2. The molecule has 0 spiro atoms. The second-order valence-electron chi connectivity index (χ2n) is 6.21. The third-order valence-electron chi connectivity index (χ3n) is 3.79. The average molecular weight is 339 g/mol. The van der Waals surface area contributed by atoms with Crippen molar-refractivity contribution in [2.45, 2.75) is 34.1 Å². The van der Waals surface area contributed by atoms with Crippen LogP contribution in [0.2, 0.25) is 0 Å². The predicted molar refractivity (Wildman–Crippen MR) is 103 cm³/mol. The molecule has 0 fully saturated rings. The first-order valence-corrected chi connectivity index (χ1v) is 8.40. The molecule has 2 aromatic rings. The van der Waals surface area contributed by atoms with Gasteiger partial charge in [0, 0.05) is 23.5 Å². The molecule has 0 atom stereocenters. The van der Waals surface area contributed by atoms with Crippen LogP contribution in [-0.4, -0.2) is 18.4 Å². The summed E-state index contributed by atoms with van der Waals surface area (Å²) in [7, 11) is 0. The molecule has 3 N–H and O–H groups in total. The number of hydrogen-bond acceptors (Lipinski definition) is 3. The van der Waals surface area contributed by atoms with Gasteiger partial charge in [-0.1, -0.05) is 19.1 Å². The topological polar surface area (TPSA) is 70.2 Å². The van der Waals surface area contributed by atoms with Gasteiger partial charge in [0.25, 0.3) is 0 Å². The van der Waals surface area contributed by atoms with Crippen molar-refractivity contribution in [1.29, 1.82) is 0 Å². The van der Waals surface area contributed by atoms with E-state index in [1.54, 1.807) is 13.0 Å². The molecular formula is C20H25N3O2. The standard InChI is InChI=1S/C20H25N3O2/c1-5-19(24)23-18-11-16(7-6-15(18)4)22-20(25)12-21-17-9-13(2)8-14(3)10-17/h6-11,21H,5,12H2,1-4H3,(H,22,25)(H,23,24). The van der Waals surface area contributed by atoms with E-state index in [2.05, 4.69) is 22.0 Å². The zero-order chi connectivity index (χ0) is 18.4. The number of amides is 2. The highest BCUT2D eigenvalue weighted by molar-refractivity contribution is 5.96. The molecule has 2 amide bonds. The van der Waals surface area contributed by atoms with Crippen molar-refractivity contribution in [3.8, 4) is 0 Å². The summed E-state index contributed by atoms with van der Waals surface area (Å²) in [5, 5.41) is 8.82. The van der Waals surface area contributed by atoms with Gasteiger partial charge in [-0.15, -0.1) is 0 Å². The van der Waals surface area contributed by atoms with Gasteiger partial charge in [-0.3, -0.25) is 9.59 Å². The Kier molecular flexibility index (Phi) is 6.17. The van der Waals surface area contributed by atoms with Crippen LogP contribution in [0.5, 0.6) is 0 Å². The van der Waals surface area contributed by atoms with Gasteiger partial charge in [0.1, 0.15) is 0 Å². The van der Waals surface area contributed by atoms with Crippen molar-refractivity contribution < 1.29 is 9.59 Å². The number of carbonyl (C=O) groups is 2. The Labute approximate surface area is 148 Å². The highest BCUT2D eigenvalue weighted by Gasteiger charge is 2.07. The quantitative estimate of drug-likeness (QED) is 0.745. The van der Waals surface area contributed by atoms with Crippen LogP contribution in [0.25, 0.3) is 0 Å². The molecular weight excluding hydrogens is 314 g/mol. The maximum atomic E-state index is 12.2. The Morgan fingerprint density at radius 2 is 1.52 bits per heavy atom. The molecule has 5 heteroatoms. The monoisotopic (exact) mass is 339 g/mol. The Bertz CT molecular complexity index is 764. The predicted octanol–water partition coefficient (Wildman–Crippen LogP) is 4.01. The van der Waals surface area contributed by atoms with Crippen LogP contribution in [0.1, 0.15) is 30.0 Å². The Balaban J connectivity index is 1.98. The van der Waals surface area contributed by atoms with E-state index in [4.69, 9.17) is 0 Å². The molecule has 0 aliphatic rings. The van der Waals surface area contributed by atoms with Crippen molar-refractivity contribution in [3.05, 3.63) is 53.1 Å². The lowest BCUT2D eigenvalue weighted by atomic mass is 10.1. The van der Waals surface area contributed by atoms with E-state index < -0.39 is 0 Å². The fraction of sp³-hybridized carbons (Fsp3) is 0.300. The first-order valence-electron chi connectivity index (χ1n) is 8.40. The molecule has 0 unspecified atom stereocenters. The van der Waals surface area contributed by atoms with Crippen molar-refractivity contribution >= 4 is 28.9 Å². The molecule has 0 saturated heterocycles. The van der Waals surface area contributed by atoms with Crippen molar-refractivity contribution in [3.63, 3.8) is 0 Å². The van der Waals surface area contributed by atoms with Crippen molar-refractivity contribution in [1.82, 2.24) is 0 Å². The van der Waals surface area contributed by atoms with Crippen LogP contribution in [0.4, 0.5) is 17.1 Å². The molecule has 132 valence electrons. The summed E-state index contributed by atoms with van der Waals surface area (Å²) in [6.07, 6.45) is 0.413. The van der Waals surface area contributed by atoms with Gasteiger partial charge in [0.15, 0.2) is 0 Å². The number of rotatable bonds is 6. The van der Waals surface area contributed by atoms with Crippen LogP contribution in [0.3, 0.4) is 0 Å². The molecule has 2 rings (SSSR count). The molecule has 0 aliphatic heterocycles. The van der Waals surface area contributed by atoms with Gasteiger partial charge in [0.05, 0.1) is 6.54 Å². The van der Waals surface area contributed by atoms with Gasteiger partial charge < -0.3 is 16.0 Å². The minimum absolute atomic E-state index is 0.0527. The van der Waals surface area contributed by atoms with E-state index in [0.29, 0.717) is 17.8 Å². The maximum Gasteiger partial charge on any atom is 0.243 e. The van der Waals surface area contributed by atoms with E-state index in [1.807, 2.05) is 45.0 Å². The maximum absolute atomic E-state index is 12.2. The molecule has 0 bridgehead atoms.